The van der Waals surface area contributed by atoms with Crippen LogP contribution in [0.2, 0.25) is 0 Å². The van der Waals surface area contributed by atoms with E-state index in [1.807, 2.05) is 6.92 Å². The number of rotatable bonds is 1. The molecular formula is C7H12F3NO. The predicted molar refractivity (Wildman–Crippen MR) is 37.6 cm³/mol. The predicted octanol–water partition coefficient (Wildman–Crippen LogP) is 1.66. The maximum absolute atomic E-state index is 11.7. The van der Waals surface area contributed by atoms with E-state index in [9.17, 15) is 13.2 Å². The molecule has 1 saturated heterocycles. The van der Waals surface area contributed by atoms with Gasteiger partial charge in [0.2, 0.25) is 0 Å². The third-order valence-electron chi connectivity index (χ3n) is 1.88. The van der Waals surface area contributed by atoms with E-state index in [2.05, 4.69) is 10.1 Å². The van der Waals surface area contributed by atoms with Gasteiger partial charge in [-0.1, -0.05) is 0 Å². The Hall–Kier alpha value is -0.290. The number of alkyl halides is 3. The fourth-order valence-electron chi connectivity index (χ4n) is 1.38. The minimum absolute atomic E-state index is 0.117. The summed E-state index contributed by atoms with van der Waals surface area (Å²) < 4.78 is 39.1. The Kier molecular flexibility index (Phi) is 2.95. The molecule has 1 fully saturated rings. The largest absolute Gasteiger partial charge is 0.522 e. The van der Waals surface area contributed by atoms with Crippen molar-refractivity contribution in [3.63, 3.8) is 0 Å². The van der Waals surface area contributed by atoms with Gasteiger partial charge in [0.1, 0.15) is 0 Å². The zero-order valence-electron chi connectivity index (χ0n) is 6.82. The van der Waals surface area contributed by atoms with Gasteiger partial charge in [-0.2, -0.15) is 0 Å². The molecule has 1 aliphatic rings. The molecule has 0 unspecified atom stereocenters. The molecule has 0 saturated carbocycles. The molecule has 0 radical (unpaired) electrons. The van der Waals surface area contributed by atoms with Crippen molar-refractivity contribution in [3.05, 3.63) is 0 Å². The number of halogens is 3. The number of piperidine rings is 1. The van der Waals surface area contributed by atoms with Crippen molar-refractivity contribution in [1.29, 1.82) is 0 Å². The minimum Gasteiger partial charge on any atom is -0.314 e. The average Bonchev–Trinajstić information content (AvgIpc) is 1.82. The second-order valence-electron chi connectivity index (χ2n) is 3.07. The van der Waals surface area contributed by atoms with Gasteiger partial charge in [0.05, 0.1) is 6.10 Å². The molecule has 0 aromatic rings. The van der Waals surface area contributed by atoms with E-state index < -0.39 is 12.5 Å². The van der Waals surface area contributed by atoms with Crippen molar-refractivity contribution in [2.75, 3.05) is 6.54 Å². The van der Waals surface area contributed by atoms with Crippen molar-refractivity contribution in [2.24, 2.45) is 0 Å². The summed E-state index contributed by atoms with van der Waals surface area (Å²) >= 11 is 0. The van der Waals surface area contributed by atoms with Crippen LogP contribution < -0.4 is 5.32 Å². The summed E-state index contributed by atoms with van der Waals surface area (Å²) in [6, 6.07) is 0.117. The Balaban J connectivity index is 2.32. The molecule has 72 valence electrons. The normalized spacial score (nSPS) is 32.0. The van der Waals surface area contributed by atoms with E-state index in [1.54, 1.807) is 0 Å². The van der Waals surface area contributed by atoms with E-state index in [0.29, 0.717) is 19.4 Å². The number of hydrogen-bond donors (Lipinski definition) is 1. The van der Waals surface area contributed by atoms with E-state index in [0.717, 1.165) is 0 Å². The molecule has 1 rings (SSSR count). The number of nitrogens with one attached hydrogen (secondary N) is 1. The van der Waals surface area contributed by atoms with Crippen LogP contribution in [0.25, 0.3) is 0 Å². The van der Waals surface area contributed by atoms with Gasteiger partial charge in [-0.05, 0) is 26.3 Å². The van der Waals surface area contributed by atoms with Gasteiger partial charge < -0.3 is 5.32 Å². The second-order valence-corrected chi connectivity index (χ2v) is 3.07. The molecule has 2 nitrogen and oxygen atoms in total. The Labute approximate surface area is 69.1 Å². The Morgan fingerprint density at radius 1 is 1.42 bits per heavy atom. The molecule has 0 aromatic heterocycles. The first-order valence-electron chi connectivity index (χ1n) is 3.95. The van der Waals surface area contributed by atoms with Gasteiger partial charge in [-0.3, -0.25) is 4.74 Å². The molecule has 1 aliphatic heterocycles. The first-order valence-corrected chi connectivity index (χ1v) is 3.95. The smallest absolute Gasteiger partial charge is 0.314 e. The number of ether oxygens (including phenoxy) is 1. The second kappa shape index (κ2) is 3.62. The lowest BCUT2D eigenvalue weighted by Gasteiger charge is -2.28. The summed E-state index contributed by atoms with van der Waals surface area (Å²) in [6.07, 6.45) is -4.29. The molecule has 1 heterocycles. The van der Waals surface area contributed by atoms with E-state index in [-0.39, 0.29) is 6.04 Å². The van der Waals surface area contributed by atoms with Gasteiger partial charge in [0.15, 0.2) is 0 Å². The highest BCUT2D eigenvalue weighted by molar-refractivity contribution is 4.75. The first-order chi connectivity index (χ1) is 5.47. The molecule has 0 spiro atoms. The molecule has 0 amide bonds. The molecule has 5 heteroatoms. The standard InChI is InChI=1S/C7H12F3NO/c1-5-4-6(2-3-11-5)12-7(8,9)10/h5-6,11H,2-4H2,1H3/t5-,6+/m1/s1. The van der Waals surface area contributed by atoms with Crippen molar-refractivity contribution < 1.29 is 17.9 Å². The molecule has 0 bridgehead atoms. The van der Waals surface area contributed by atoms with Crippen LogP contribution in [0.4, 0.5) is 13.2 Å². The lowest BCUT2D eigenvalue weighted by molar-refractivity contribution is -0.345. The molecule has 1 N–H and O–H groups in total. The van der Waals surface area contributed by atoms with Crippen molar-refractivity contribution in [3.8, 4) is 0 Å². The summed E-state index contributed by atoms with van der Waals surface area (Å²) in [5.74, 6) is 0. The zero-order valence-corrected chi connectivity index (χ0v) is 6.82. The Morgan fingerprint density at radius 3 is 2.58 bits per heavy atom. The fourth-order valence-corrected chi connectivity index (χ4v) is 1.38. The van der Waals surface area contributed by atoms with Gasteiger partial charge in [0, 0.05) is 6.04 Å². The summed E-state index contributed by atoms with van der Waals surface area (Å²) in [6.45, 7) is 2.45. The topological polar surface area (TPSA) is 21.3 Å². The maximum Gasteiger partial charge on any atom is 0.522 e. The summed E-state index contributed by atoms with van der Waals surface area (Å²) in [7, 11) is 0. The zero-order chi connectivity index (χ0) is 9.19. The van der Waals surface area contributed by atoms with Crippen LogP contribution in [0.3, 0.4) is 0 Å². The molecule has 12 heavy (non-hydrogen) atoms. The average molecular weight is 183 g/mol. The molecular weight excluding hydrogens is 171 g/mol. The quantitative estimate of drug-likeness (QED) is 0.667. The van der Waals surface area contributed by atoms with Crippen LogP contribution in [0, 0.1) is 0 Å². The van der Waals surface area contributed by atoms with Crippen molar-refractivity contribution >= 4 is 0 Å². The third kappa shape index (κ3) is 3.40. The minimum atomic E-state index is -4.48. The molecule has 0 aromatic carbocycles. The van der Waals surface area contributed by atoms with Crippen molar-refractivity contribution in [1.82, 2.24) is 5.32 Å². The van der Waals surface area contributed by atoms with Gasteiger partial charge >= 0.3 is 6.36 Å². The Morgan fingerprint density at radius 2 is 2.08 bits per heavy atom. The van der Waals surface area contributed by atoms with E-state index in [1.165, 1.54) is 0 Å². The summed E-state index contributed by atoms with van der Waals surface area (Å²) in [5, 5.41) is 3.05. The maximum atomic E-state index is 11.7. The fraction of sp³-hybridized carbons (Fsp3) is 1.00. The monoisotopic (exact) mass is 183 g/mol. The number of hydrogen-bond acceptors (Lipinski definition) is 2. The Bertz CT molecular complexity index is 148. The van der Waals surface area contributed by atoms with Crippen LogP contribution in [0.1, 0.15) is 19.8 Å². The van der Waals surface area contributed by atoms with Crippen molar-refractivity contribution in [2.45, 2.75) is 38.3 Å². The van der Waals surface area contributed by atoms with Gasteiger partial charge in [-0.15, -0.1) is 13.2 Å². The van der Waals surface area contributed by atoms with E-state index >= 15 is 0 Å². The highest BCUT2D eigenvalue weighted by atomic mass is 19.4. The SMILES string of the molecule is C[C@@H]1C[C@@H](OC(F)(F)F)CCN1. The van der Waals surface area contributed by atoms with Gasteiger partial charge in [-0.25, -0.2) is 0 Å². The van der Waals surface area contributed by atoms with Gasteiger partial charge in [0.25, 0.3) is 0 Å². The third-order valence-corrected chi connectivity index (χ3v) is 1.88. The van der Waals surface area contributed by atoms with Crippen LogP contribution in [0.5, 0.6) is 0 Å². The molecule has 0 aliphatic carbocycles. The van der Waals surface area contributed by atoms with Crippen LogP contribution in [-0.2, 0) is 4.74 Å². The summed E-state index contributed by atoms with van der Waals surface area (Å²) in [5.41, 5.74) is 0. The highest BCUT2D eigenvalue weighted by Crippen LogP contribution is 2.23. The van der Waals surface area contributed by atoms with E-state index in [4.69, 9.17) is 0 Å². The van der Waals surface area contributed by atoms with Crippen LogP contribution >= 0.6 is 0 Å². The highest BCUT2D eigenvalue weighted by Gasteiger charge is 2.34. The van der Waals surface area contributed by atoms with Crippen LogP contribution in [-0.4, -0.2) is 25.1 Å². The lowest BCUT2D eigenvalue weighted by Crippen LogP contribution is -2.41. The lowest BCUT2D eigenvalue weighted by atomic mass is 10.0. The van der Waals surface area contributed by atoms with Crippen LogP contribution in [0.15, 0.2) is 0 Å². The summed E-state index contributed by atoms with van der Waals surface area (Å²) in [4.78, 5) is 0. The first kappa shape index (κ1) is 9.80. The molecule has 2 atom stereocenters.